The predicted octanol–water partition coefficient (Wildman–Crippen LogP) is 3.83. The smallest absolute Gasteiger partial charge is 0.161 e. The largest absolute Gasteiger partial charge is 0.487 e. The molecule has 2 aromatic rings. The van der Waals surface area contributed by atoms with Crippen LogP contribution in [-0.2, 0) is 6.42 Å². The summed E-state index contributed by atoms with van der Waals surface area (Å²) in [5.74, 6) is 1.15. The van der Waals surface area contributed by atoms with Crippen molar-refractivity contribution in [2.45, 2.75) is 32.6 Å². The third-order valence-electron chi connectivity index (χ3n) is 4.00. The van der Waals surface area contributed by atoms with Crippen molar-refractivity contribution < 1.29 is 19.7 Å². The second-order valence-corrected chi connectivity index (χ2v) is 5.96. The minimum absolute atomic E-state index is 0.0549. The van der Waals surface area contributed by atoms with Crippen LogP contribution in [0.1, 0.15) is 31.7 Å². The number of aliphatic hydroxyl groups is 2. The maximum absolute atomic E-state index is 8.99. The van der Waals surface area contributed by atoms with Crippen molar-refractivity contribution in [1.82, 2.24) is 0 Å². The van der Waals surface area contributed by atoms with Crippen LogP contribution < -0.4 is 9.47 Å². The van der Waals surface area contributed by atoms with Crippen LogP contribution in [0.15, 0.2) is 42.5 Å². The summed E-state index contributed by atoms with van der Waals surface area (Å²) < 4.78 is 11.1. The van der Waals surface area contributed by atoms with E-state index >= 15 is 0 Å². The summed E-state index contributed by atoms with van der Waals surface area (Å²) in [4.78, 5) is 0. The molecule has 0 atom stereocenters. The van der Waals surface area contributed by atoms with Gasteiger partial charge in [-0.2, -0.15) is 0 Å². The molecule has 0 saturated heterocycles. The molecule has 4 nitrogen and oxygen atoms in total. The highest BCUT2D eigenvalue weighted by atomic mass is 16.5. The molecule has 4 heteroatoms. The lowest BCUT2D eigenvalue weighted by molar-refractivity contribution is 0.178. The molecule has 0 heterocycles. The Labute approximate surface area is 150 Å². The number of hydrogen-bond donors (Lipinski definition) is 2. The first-order valence-electron chi connectivity index (χ1n) is 8.99. The van der Waals surface area contributed by atoms with Crippen LogP contribution in [0.5, 0.6) is 11.5 Å². The van der Waals surface area contributed by atoms with Gasteiger partial charge in [-0.1, -0.05) is 50.1 Å². The number of aryl methyl sites for hydroxylation is 1. The molecular formula is C21H28O4. The van der Waals surface area contributed by atoms with E-state index in [9.17, 15) is 0 Å². The van der Waals surface area contributed by atoms with Crippen LogP contribution in [0.2, 0.25) is 0 Å². The first-order valence-corrected chi connectivity index (χ1v) is 8.99. The number of ether oxygens (including phenoxy) is 2. The molecule has 0 aromatic heterocycles. The van der Waals surface area contributed by atoms with Gasteiger partial charge in [0, 0.05) is 0 Å². The summed E-state index contributed by atoms with van der Waals surface area (Å²) in [6.45, 7) is 2.51. The van der Waals surface area contributed by atoms with Gasteiger partial charge < -0.3 is 19.7 Å². The van der Waals surface area contributed by atoms with Gasteiger partial charge >= 0.3 is 0 Å². The van der Waals surface area contributed by atoms with E-state index in [-0.39, 0.29) is 26.4 Å². The standard InChI is InChI=1S/C21H28O4/c1-2-3-4-5-17-6-8-18(9-7-17)19-10-11-20(24-14-12-22)21(16-19)25-15-13-23/h6-11,16,22-23H,2-5,12-15H2,1H3. The predicted molar refractivity (Wildman–Crippen MR) is 100 cm³/mol. The minimum atomic E-state index is -0.0594. The molecule has 25 heavy (non-hydrogen) atoms. The summed E-state index contributed by atoms with van der Waals surface area (Å²) in [5, 5.41) is 17.9. The van der Waals surface area contributed by atoms with Crippen LogP contribution in [0.25, 0.3) is 11.1 Å². The van der Waals surface area contributed by atoms with Gasteiger partial charge in [0.2, 0.25) is 0 Å². The lowest BCUT2D eigenvalue weighted by atomic mass is 10.0. The van der Waals surface area contributed by atoms with Crippen LogP contribution in [0.3, 0.4) is 0 Å². The number of hydrogen-bond acceptors (Lipinski definition) is 4. The zero-order valence-electron chi connectivity index (χ0n) is 14.9. The lowest BCUT2D eigenvalue weighted by Crippen LogP contribution is -2.06. The number of unbranched alkanes of at least 4 members (excludes halogenated alkanes) is 2. The van der Waals surface area contributed by atoms with Crippen molar-refractivity contribution >= 4 is 0 Å². The van der Waals surface area contributed by atoms with Crippen LogP contribution in [0.4, 0.5) is 0 Å². The van der Waals surface area contributed by atoms with Crippen molar-refractivity contribution in [2.75, 3.05) is 26.4 Å². The molecule has 136 valence electrons. The van der Waals surface area contributed by atoms with Gasteiger partial charge in [-0.15, -0.1) is 0 Å². The Morgan fingerprint density at radius 2 is 1.40 bits per heavy atom. The van der Waals surface area contributed by atoms with Crippen molar-refractivity contribution in [3.8, 4) is 22.6 Å². The minimum Gasteiger partial charge on any atom is -0.487 e. The quantitative estimate of drug-likeness (QED) is 0.608. The van der Waals surface area contributed by atoms with Gasteiger partial charge in [-0.05, 0) is 41.7 Å². The molecule has 2 aromatic carbocycles. The Hall–Kier alpha value is -2.04. The second-order valence-electron chi connectivity index (χ2n) is 5.96. The lowest BCUT2D eigenvalue weighted by Gasteiger charge is -2.13. The molecule has 2 N–H and O–H groups in total. The maximum atomic E-state index is 8.99. The van der Waals surface area contributed by atoms with Gasteiger partial charge in [0.05, 0.1) is 13.2 Å². The van der Waals surface area contributed by atoms with Crippen molar-refractivity contribution in [3.63, 3.8) is 0 Å². The normalized spacial score (nSPS) is 10.7. The van der Waals surface area contributed by atoms with E-state index in [0.29, 0.717) is 11.5 Å². The fourth-order valence-corrected chi connectivity index (χ4v) is 2.67. The van der Waals surface area contributed by atoms with Crippen LogP contribution in [0, 0.1) is 0 Å². The SMILES string of the molecule is CCCCCc1ccc(-c2ccc(OCCO)c(OCCO)c2)cc1. The van der Waals surface area contributed by atoms with E-state index in [1.165, 1.54) is 24.8 Å². The van der Waals surface area contributed by atoms with E-state index in [1.807, 2.05) is 18.2 Å². The summed E-state index contributed by atoms with van der Waals surface area (Å²) in [5.41, 5.74) is 3.50. The average Bonchev–Trinajstić information content (AvgIpc) is 2.66. The van der Waals surface area contributed by atoms with Gasteiger partial charge in [0.25, 0.3) is 0 Å². The summed E-state index contributed by atoms with van der Waals surface area (Å²) in [7, 11) is 0. The molecule has 0 fully saturated rings. The van der Waals surface area contributed by atoms with E-state index < -0.39 is 0 Å². The molecule has 0 bridgehead atoms. The summed E-state index contributed by atoms with van der Waals surface area (Å²) in [6, 6.07) is 14.3. The molecular weight excluding hydrogens is 316 g/mol. The Morgan fingerprint density at radius 1 is 0.760 bits per heavy atom. The van der Waals surface area contributed by atoms with E-state index in [0.717, 1.165) is 17.5 Å². The molecule has 0 aliphatic heterocycles. The fourth-order valence-electron chi connectivity index (χ4n) is 2.67. The third kappa shape index (κ3) is 6.07. The maximum Gasteiger partial charge on any atom is 0.161 e. The molecule has 2 rings (SSSR count). The first kappa shape index (κ1) is 19.3. The molecule has 0 amide bonds. The van der Waals surface area contributed by atoms with Gasteiger partial charge in [0.1, 0.15) is 13.2 Å². The molecule has 0 aliphatic carbocycles. The van der Waals surface area contributed by atoms with E-state index in [2.05, 4.69) is 31.2 Å². The molecule has 0 saturated carbocycles. The Balaban J connectivity index is 2.14. The Morgan fingerprint density at radius 3 is 2.04 bits per heavy atom. The van der Waals surface area contributed by atoms with Crippen molar-refractivity contribution in [3.05, 3.63) is 48.0 Å². The van der Waals surface area contributed by atoms with Crippen molar-refractivity contribution in [1.29, 1.82) is 0 Å². The van der Waals surface area contributed by atoms with Crippen LogP contribution >= 0.6 is 0 Å². The Kier molecular flexibility index (Phi) is 8.29. The molecule has 0 unspecified atom stereocenters. The zero-order chi connectivity index (χ0) is 17.9. The summed E-state index contributed by atoms with van der Waals surface area (Å²) >= 11 is 0. The fraction of sp³-hybridized carbons (Fsp3) is 0.429. The van der Waals surface area contributed by atoms with Gasteiger partial charge in [-0.3, -0.25) is 0 Å². The van der Waals surface area contributed by atoms with E-state index in [4.69, 9.17) is 19.7 Å². The number of rotatable bonds is 11. The van der Waals surface area contributed by atoms with Gasteiger partial charge in [-0.25, -0.2) is 0 Å². The highest BCUT2D eigenvalue weighted by molar-refractivity contribution is 5.67. The molecule has 0 aliphatic rings. The van der Waals surface area contributed by atoms with E-state index in [1.54, 1.807) is 0 Å². The number of aliphatic hydroxyl groups excluding tert-OH is 2. The Bertz CT molecular complexity index is 622. The second kappa shape index (κ2) is 10.7. The van der Waals surface area contributed by atoms with Crippen molar-refractivity contribution in [2.24, 2.45) is 0 Å². The molecule has 0 spiro atoms. The van der Waals surface area contributed by atoms with Gasteiger partial charge in [0.15, 0.2) is 11.5 Å². The third-order valence-corrected chi connectivity index (χ3v) is 4.00. The monoisotopic (exact) mass is 344 g/mol. The molecule has 0 radical (unpaired) electrons. The summed E-state index contributed by atoms with van der Waals surface area (Å²) in [6.07, 6.45) is 4.85. The highest BCUT2D eigenvalue weighted by Crippen LogP contribution is 2.33. The topological polar surface area (TPSA) is 58.9 Å². The highest BCUT2D eigenvalue weighted by Gasteiger charge is 2.08. The van der Waals surface area contributed by atoms with Crippen LogP contribution in [-0.4, -0.2) is 36.6 Å². The average molecular weight is 344 g/mol. The zero-order valence-corrected chi connectivity index (χ0v) is 14.9. The number of benzene rings is 2. The first-order chi connectivity index (χ1) is 12.3.